The number of nitrogens with zero attached hydrogens (tertiary/aromatic N) is 4. The number of fused-ring (bicyclic) bond motifs is 1. The summed E-state index contributed by atoms with van der Waals surface area (Å²) in [5, 5.41) is 3.06. The summed E-state index contributed by atoms with van der Waals surface area (Å²) in [6.07, 6.45) is 3.41. The average molecular weight is 415 g/mol. The Bertz CT molecular complexity index is 919. The molecule has 0 aromatic carbocycles. The van der Waals surface area contributed by atoms with Gasteiger partial charge in [0.15, 0.2) is 0 Å². The predicted molar refractivity (Wildman–Crippen MR) is 116 cm³/mol. The summed E-state index contributed by atoms with van der Waals surface area (Å²) in [6.45, 7) is 8.37. The zero-order valence-corrected chi connectivity index (χ0v) is 17.9. The van der Waals surface area contributed by atoms with Crippen LogP contribution in [0.5, 0.6) is 0 Å². The third-order valence-electron chi connectivity index (χ3n) is 5.46. The molecule has 2 aromatic rings. The number of piperazine rings is 1. The van der Waals surface area contributed by atoms with Crippen molar-refractivity contribution in [1.29, 1.82) is 0 Å². The molecule has 2 N–H and O–H groups in total. The van der Waals surface area contributed by atoms with Crippen LogP contribution >= 0.6 is 0 Å². The van der Waals surface area contributed by atoms with Gasteiger partial charge < -0.3 is 29.3 Å². The van der Waals surface area contributed by atoms with Crippen molar-refractivity contribution in [3.8, 4) is 0 Å². The number of aromatic amines is 1. The summed E-state index contributed by atoms with van der Waals surface area (Å²) >= 11 is 0. The van der Waals surface area contributed by atoms with Crippen LogP contribution in [0.2, 0.25) is 0 Å². The molecule has 4 heterocycles. The summed E-state index contributed by atoms with van der Waals surface area (Å²) in [6, 6.07) is 4.21. The first-order valence-electron chi connectivity index (χ1n) is 10.5. The number of carbonyl (C=O) groups is 1. The number of rotatable bonds is 6. The first-order valence-corrected chi connectivity index (χ1v) is 10.5. The minimum atomic E-state index is -0.268. The molecule has 1 unspecified atom stereocenters. The lowest BCUT2D eigenvalue weighted by Crippen LogP contribution is -2.49. The van der Waals surface area contributed by atoms with Gasteiger partial charge in [-0.1, -0.05) is 0 Å². The molecule has 0 spiro atoms. The van der Waals surface area contributed by atoms with Crippen LogP contribution in [-0.4, -0.2) is 85.1 Å². The highest BCUT2D eigenvalue weighted by atomic mass is 16.6. The topological polar surface area (TPSA) is 86.0 Å². The summed E-state index contributed by atoms with van der Waals surface area (Å²) in [4.78, 5) is 24.4. The summed E-state index contributed by atoms with van der Waals surface area (Å²) in [5.41, 5.74) is 7.56. The number of ether oxygens (including phenoxy) is 2. The van der Waals surface area contributed by atoms with Gasteiger partial charge >= 0.3 is 6.09 Å². The van der Waals surface area contributed by atoms with Crippen molar-refractivity contribution in [2.24, 2.45) is 0 Å². The highest BCUT2D eigenvalue weighted by Crippen LogP contribution is 2.30. The summed E-state index contributed by atoms with van der Waals surface area (Å²) < 4.78 is 10.8. The van der Waals surface area contributed by atoms with Crippen LogP contribution in [0.15, 0.2) is 24.5 Å². The maximum absolute atomic E-state index is 12.4. The molecule has 0 radical (unpaired) electrons. The molecule has 0 saturated carbocycles. The number of hydrogen-bond acceptors (Lipinski definition) is 7. The Kier molecular flexibility index (Phi) is 6.10. The Morgan fingerprint density at radius 2 is 2.10 bits per heavy atom. The molecule has 9 nitrogen and oxygen atoms in total. The SMILES string of the molecule is CCOCC(C)OC(=O)N1CCN(c2ccnc3[nH]c(C4=CN(C)NC4)cc23)CC1. The van der Waals surface area contributed by atoms with Gasteiger partial charge in [0.2, 0.25) is 0 Å². The molecule has 2 aromatic heterocycles. The second kappa shape index (κ2) is 8.93. The molecule has 1 atom stereocenters. The van der Waals surface area contributed by atoms with Gasteiger partial charge in [0.1, 0.15) is 11.8 Å². The van der Waals surface area contributed by atoms with E-state index in [4.69, 9.17) is 9.47 Å². The average Bonchev–Trinajstić information content (AvgIpc) is 3.38. The van der Waals surface area contributed by atoms with E-state index in [1.54, 1.807) is 4.90 Å². The fourth-order valence-electron chi connectivity index (χ4n) is 3.86. The van der Waals surface area contributed by atoms with Gasteiger partial charge in [-0.2, -0.15) is 0 Å². The Balaban J connectivity index is 1.41. The van der Waals surface area contributed by atoms with Crippen LogP contribution in [0.4, 0.5) is 10.5 Å². The quantitative estimate of drug-likeness (QED) is 0.748. The lowest BCUT2D eigenvalue weighted by atomic mass is 10.2. The van der Waals surface area contributed by atoms with Crippen molar-refractivity contribution in [3.63, 3.8) is 0 Å². The largest absolute Gasteiger partial charge is 0.444 e. The standard InChI is InChI=1S/C21H30N6O3/c1-4-29-14-15(2)30-21(28)27-9-7-26(8-10-27)19-5-6-22-20-17(19)11-18(24-20)16-12-23-25(3)13-16/h5-6,11,13,15,23H,4,7-10,12,14H2,1-3H3,(H,22,24). The van der Waals surface area contributed by atoms with Gasteiger partial charge in [-0.05, 0) is 26.0 Å². The number of anilines is 1. The molecule has 0 aliphatic carbocycles. The minimum absolute atomic E-state index is 0.244. The Morgan fingerprint density at radius 1 is 1.30 bits per heavy atom. The molecule has 2 aliphatic rings. The van der Waals surface area contributed by atoms with Crippen molar-refractivity contribution in [2.75, 3.05) is 57.9 Å². The van der Waals surface area contributed by atoms with Gasteiger partial charge in [-0.3, -0.25) is 0 Å². The molecule has 30 heavy (non-hydrogen) atoms. The van der Waals surface area contributed by atoms with Crippen LogP contribution in [0.1, 0.15) is 19.5 Å². The van der Waals surface area contributed by atoms with Crippen molar-refractivity contribution in [3.05, 3.63) is 30.2 Å². The molecule has 1 saturated heterocycles. The summed E-state index contributed by atoms with van der Waals surface area (Å²) in [7, 11) is 1.99. The highest BCUT2D eigenvalue weighted by Gasteiger charge is 2.25. The van der Waals surface area contributed by atoms with E-state index in [9.17, 15) is 4.79 Å². The number of hydrogen-bond donors (Lipinski definition) is 2. The van der Waals surface area contributed by atoms with E-state index >= 15 is 0 Å². The lowest BCUT2D eigenvalue weighted by molar-refractivity contribution is 0.0159. The molecule has 4 rings (SSSR count). The molecule has 9 heteroatoms. The molecule has 1 amide bonds. The van der Waals surface area contributed by atoms with Crippen LogP contribution < -0.4 is 10.3 Å². The maximum Gasteiger partial charge on any atom is 0.410 e. The van der Waals surface area contributed by atoms with Crippen LogP contribution in [-0.2, 0) is 9.47 Å². The van der Waals surface area contributed by atoms with E-state index in [1.165, 1.54) is 5.57 Å². The van der Waals surface area contributed by atoms with Gasteiger partial charge in [0.05, 0.1) is 6.61 Å². The van der Waals surface area contributed by atoms with Gasteiger partial charge in [-0.25, -0.2) is 15.2 Å². The molecular formula is C21H30N6O3. The predicted octanol–water partition coefficient (Wildman–Crippen LogP) is 2.04. The number of carbonyl (C=O) groups excluding carboxylic acids is 1. The van der Waals surface area contributed by atoms with Gasteiger partial charge in [0, 0.05) is 81.1 Å². The van der Waals surface area contributed by atoms with E-state index in [1.807, 2.05) is 38.2 Å². The maximum atomic E-state index is 12.4. The number of aromatic nitrogens is 2. The minimum Gasteiger partial charge on any atom is -0.444 e. The number of amides is 1. The van der Waals surface area contributed by atoms with Crippen LogP contribution in [0, 0.1) is 0 Å². The van der Waals surface area contributed by atoms with Gasteiger partial charge in [0.25, 0.3) is 0 Å². The molecule has 0 bridgehead atoms. The number of hydrazine groups is 1. The Hall–Kier alpha value is -2.78. The normalized spacial score (nSPS) is 18.1. The van der Waals surface area contributed by atoms with E-state index in [2.05, 4.69) is 32.6 Å². The number of H-pyrrole nitrogens is 1. The molecule has 1 fully saturated rings. The first kappa shape index (κ1) is 20.5. The van der Waals surface area contributed by atoms with E-state index in [-0.39, 0.29) is 12.2 Å². The zero-order valence-electron chi connectivity index (χ0n) is 17.9. The van der Waals surface area contributed by atoms with Crippen LogP contribution in [0.25, 0.3) is 16.6 Å². The van der Waals surface area contributed by atoms with Crippen molar-refractivity contribution >= 4 is 28.4 Å². The van der Waals surface area contributed by atoms with E-state index in [0.29, 0.717) is 26.3 Å². The van der Waals surface area contributed by atoms with Crippen molar-refractivity contribution < 1.29 is 14.3 Å². The van der Waals surface area contributed by atoms with Gasteiger partial charge in [-0.15, -0.1) is 0 Å². The lowest BCUT2D eigenvalue weighted by Gasteiger charge is -2.36. The highest BCUT2D eigenvalue weighted by molar-refractivity contribution is 5.93. The third-order valence-corrected chi connectivity index (χ3v) is 5.46. The molecule has 162 valence electrons. The fourth-order valence-corrected chi connectivity index (χ4v) is 3.86. The van der Waals surface area contributed by atoms with Crippen molar-refractivity contribution in [1.82, 2.24) is 25.3 Å². The van der Waals surface area contributed by atoms with E-state index < -0.39 is 0 Å². The van der Waals surface area contributed by atoms with Crippen LogP contribution in [0.3, 0.4) is 0 Å². The Labute approximate surface area is 176 Å². The second-order valence-corrected chi connectivity index (χ2v) is 7.70. The summed E-state index contributed by atoms with van der Waals surface area (Å²) in [5.74, 6) is 0. The number of pyridine rings is 1. The van der Waals surface area contributed by atoms with Crippen molar-refractivity contribution in [2.45, 2.75) is 20.0 Å². The fraction of sp³-hybridized carbons (Fsp3) is 0.524. The number of nitrogens with one attached hydrogen (secondary N) is 2. The zero-order chi connectivity index (χ0) is 21.1. The molecule has 2 aliphatic heterocycles. The Morgan fingerprint density at radius 3 is 2.80 bits per heavy atom. The van der Waals surface area contributed by atoms with E-state index in [0.717, 1.165) is 42.0 Å². The second-order valence-electron chi connectivity index (χ2n) is 7.70. The first-order chi connectivity index (χ1) is 14.5. The smallest absolute Gasteiger partial charge is 0.410 e. The third kappa shape index (κ3) is 4.36. The molecular weight excluding hydrogens is 384 g/mol. The monoisotopic (exact) mass is 414 g/mol.